The summed E-state index contributed by atoms with van der Waals surface area (Å²) in [4.78, 5) is 12.4. The second-order valence-electron chi connectivity index (χ2n) is 14.1. The van der Waals surface area contributed by atoms with Crippen LogP contribution in [0.1, 0.15) is 118 Å². The Labute approximate surface area is 222 Å². The van der Waals surface area contributed by atoms with E-state index in [4.69, 9.17) is 10.5 Å². The van der Waals surface area contributed by atoms with Gasteiger partial charge in [-0.3, -0.25) is 4.79 Å². The van der Waals surface area contributed by atoms with Crippen LogP contribution in [-0.2, 0) is 9.53 Å². The molecule has 0 heterocycles. The summed E-state index contributed by atoms with van der Waals surface area (Å²) in [6.45, 7) is 16.2. The van der Waals surface area contributed by atoms with Crippen LogP contribution in [0.3, 0.4) is 0 Å². The van der Waals surface area contributed by atoms with Gasteiger partial charge in [0.25, 0.3) is 0 Å². The van der Waals surface area contributed by atoms with Crippen molar-refractivity contribution in [3.05, 3.63) is 24.3 Å². The number of hydrogen-bond acceptors (Lipinski definition) is 3. The van der Waals surface area contributed by atoms with Crippen LogP contribution in [0.15, 0.2) is 24.3 Å². The highest BCUT2D eigenvalue weighted by atomic mass is 16.5. The molecule has 2 N–H and O–H groups in total. The maximum absolute atomic E-state index is 12.4. The quantitative estimate of drug-likeness (QED) is 0.244. The SMILES string of the molecule is C=CC(N)CCC(=O)OC1CC[C@@]2(C)C(=CCC3C2CC[C@@]2(C)C3CC[C@@H]2[C@H](C)CCCC(C)C)C1. The first kappa shape index (κ1) is 27.9. The Kier molecular flexibility index (Phi) is 8.80. The lowest BCUT2D eigenvalue weighted by Gasteiger charge is -2.58. The number of carbonyl (C=O) groups excluding carboxylic acids is 1. The molecule has 0 aliphatic heterocycles. The van der Waals surface area contributed by atoms with Crippen LogP contribution >= 0.6 is 0 Å². The molecule has 3 nitrogen and oxygen atoms in total. The second kappa shape index (κ2) is 11.3. The second-order valence-corrected chi connectivity index (χ2v) is 14.1. The van der Waals surface area contributed by atoms with Crippen LogP contribution in [0.5, 0.6) is 0 Å². The summed E-state index contributed by atoms with van der Waals surface area (Å²) >= 11 is 0. The van der Waals surface area contributed by atoms with Gasteiger partial charge in [0.2, 0.25) is 0 Å². The smallest absolute Gasteiger partial charge is 0.306 e. The fourth-order valence-corrected chi connectivity index (χ4v) is 9.40. The van der Waals surface area contributed by atoms with Crippen molar-refractivity contribution in [1.82, 2.24) is 0 Å². The molecule has 3 saturated carbocycles. The average Bonchev–Trinajstić information content (AvgIpc) is 3.19. The standard InChI is InChI=1S/C33H55NO2/c1-7-25(34)12-16-31(35)36-26-17-19-32(5)24(21-26)11-13-27-29-15-14-28(23(4)10-8-9-22(2)3)33(29,6)20-18-30(27)32/h7,11,22-23,25-30H,1,8-10,12-21,34H2,2-6H3/t23-,25?,26?,27?,28-,29?,30?,32+,33-/m1/s1. The Morgan fingerprint density at radius 2 is 1.89 bits per heavy atom. The first-order valence-corrected chi connectivity index (χ1v) is 15.4. The third-order valence-corrected chi connectivity index (χ3v) is 11.5. The van der Waals surface area contributed by atoms with E-state index in [1.54, 1.807) is 11.6 Å². The van der Waals surface area contributed by atoms with E-state index in [1.165, 1.54) is 57.8 Å². The predicted molar refractivity (Wildman–Crippen MR) is 150 cm³/mol. The fraction of sp³-hybridized carbons (Fsp3) is 0.848. The van der Waals surface area contributed by atoms with Gasteiger partial charge in [-0.15, -0.1) is 6.58 Å². The van der Waals surface area contributed by atoms with E-state index in [2.05, 4.69) is 47.3 Å². The van der Waals surface area contributed by atoms with Crippen molar-refractivity contribution in [3.8, 4) is 0 Å². The summed E-state index contributed by atoms with van der Waals surface area (Å²) in [5, 5.41) is 0. The fourth-order valence-electron chi connectivity index (χ4n) is 9.40. The van der Waals surface area contributed by atoms with E-state index >= 15 is 0 Å². The van der Waals surface area contributed by atoms with Crippen molar-refractivity contribution in [2.45, 2.75) is 130 Å². The third-order valence-electron chi connectivity index (χ3n) is 11.5. The summed E-state index contributed by atoms with van der Waals surface area (Å²) in [6.07, 6.45) is 19.6. The Hall–Kier alpha value is -1.09. The molecule has 0 radical (unpaired) electrons. The molecule has 3 fully saturated rings. The van der Waals surface area contributed by atoms with Crippen molar-refractivity contribution in [2.24, 2.45) is 52.1 Å². The molecular weight excluding hydrogens is 442 g/mol. The number of hydrogen-bond donors (Lipinski definition) is 1. The van der Waals surface area contributed by atoms with E-state index in [0.29, 0.717) is 23.7 Å². The molecule has 4 rings (SSSR count). The summed E-state index contributed by atoms with van der Waals surface area (Å²) in [7, 11) is 0. The predicted octanol–water partition coefficient (Wildman–Crippen LogP) is 8.23. The van der Waals surface area contributed by atoms with Crippen LogP contribution in [0.2, 0.25) is 0 Å². The normalized spacial score (nSPS) is 39.4. The molecule has 0 aromatic rings. The van der Waals surface area contributed by atoms with Crippen LogP contribution < -0.4 is 5.73 Å². The molecule has 5 unspecified atom stereocenters. The molecule has 0 bridgehead atoms. The third kappa shape index (κ3) is 5.52. The summed E-state index contributed by atoms with van der Waals surface area (Å²) in [6, 6.07) is -0.125. The Morgan fingerprint density at radius 3 is 2.61 bits per heavy atom. The topological polar surface area (TPSA) is 52.3 Å². The van der Waals surface area contributed by atoms with E-state index in [-0.39, 0.29) is 18.1 Å². The van der Waals surface area contributed by atoms with Gasteiger partial charge < -0.3 is 10.5 Å². The van der Waals surface area contributed by atoms with Crippen molar-refractivity contribution >= 4 is 5.97 Å². The van der Waals surface area contributed by atoms with Gasteiger partial charge in [-0.05, 0) is 97.7 Å². The molecule has 0 spiro atoms. The van der Waals surface area contributed by atoms with Gasteiger partial charge >= 0.3 is 5.97 Å². The number of rotatable bonds is 10. The summed E-state index contributed by atoms with van der Waals surface area (Å²) in [5.41, 5.74) is 8.33. The van der Waals surface area contributed by atoms with Gasteiger partial charge in [0.15, 0.2) is 0 Å². The van der Waals surface area contributed by atoms with Gasteiger partial charge in [-0.2, -0.15) is 0 Å². The molecule has 0 amide bonds. The lowest BCUT2D eigenvalue weighted by atomic mass is 9.47. The minimum Gasteiger partial charge on any atom is -0.462 e. The van der Waals surface area contributed by atoms with E-state index in [1.807, 2.05) is 0 Å². The highest BCUT2D eigenvalue weighted by Crippen LogP contribution is 2.67. The zero-order valence-corrected chi connectivity index (χ0v) is 24.1. The number of carbonyl (C=O) groups is 1. The number of allylic oxidation sites excluding steroid dienone is 1. The number of ether oxygens (including phenoxy) is 1. The number of nitrogens with two attached hydrogens (primary N) is 1. The van der Waals surface area contributed by atoms with Crippen molar-refractivity contribution in [3.63, 3.8) is 0 Å². The molecule has 0 aromatic carbocycles. The molecule has 36 heavy (non-hydrogen) atoms. The van der Waals surface area contributed by atoms with Gasteiger partial charge in [-0.25, -0.2) is 0 Å². The Bertz CT molecular complexity index is 817. The Morgan fingerprint density at radius 1 is 1.11 bits per heavy atom. The van der Waals surface area contributed by atoms with E-state index in [0.717, 1.165) is 48.3 Å². The zero-order chi connectivity index (χ0) is 26.1. The average molecular weight is 498 g/mol. The van der Waals surface area contributed by atoms with Crippen LogP contribution in [-0.4, -0.2) is 18.1 Å². The van der Waals surface area contributed by atoms with Gasteiger partial charge in [0.05, 0.1) is 0 Å². The number of fused-ring (bicyclic) bond motifs is 5. The van der Waals surface area contributed by atoms with Crippen LogP contribution in [0.25, 0.3) is 0 Å². The van der Waals surface area contributed by atoms with Gasteiger partial charge in [-0.1, -0.05) is 71.6 Å². The molecule has 4 aliphatic rings. The van der Waals surface area contributed by atoms with Crippen LogP contribution in [0, 0.1) is 46.3 Å². The van der Waals surface area contributed by atoms with E-state index < -0.39 is 0 Å². The molecule has 0 aromatic heterocycles. The molecule has 4 aliphatic carbocycles. The zero-order valence-electron chi connectivity index (χ0n) is 24.1. The summed E-state index contributed by atoms with van der Waals surface area (Å²) in [5.74, 6) is 5.08. The highest BCUT2D eigenvalue weighted by Gasteiger charge is 2.59. The van der Waals surface area contributed by atoms with Gasteiger partial charge in [0.1, 0.15) is 6.10 Å². The maximum atomic E-state index is 12.4. The minimum atomic E-state index is -0.125. The Balaban J connectivity index is 1.38. The van der Waals surface area contributed by atoms with E-state index in [9.17, 15) is 4.79 Å². The molecule has 9 atom stereocenters. The molecule has 3 heteroatoms. The maximum Gasteiger partial charge on any atom is 0.306 e. The molecule has 0 saturated heterocycles. The van der Waals surface area contributed by atoms with Crippen molar-refractivity contribution in [2.75, 3.05) is 0 Å². The summed E-state index contributed by atoms with van der Waals surface area (Å²) < 4.78 is 5.92. The van der Waals surface area contributed by atoms with Crippen LogP contribution in [0.4, 0.5) is 0 Å². The first-order chi connectivity index (χ1) is 17.1. The molecular formula is C33H55NO2. The minimum absolute atomic E-state index is 0.0461. The molecule has 204 valence electrons. The van der Waals surface area contributed by atoms with Crippen molar-refractivity contribution < 1.29 is 9.53 Å². The van der Waals surface area contributed by atoms with Crippen molar-refractivity contribution in [1.29, 1.82) is 0 Å². The number of esters is 1. The largest absolute Gasteiger partial charge is 0.462 e. The lowest BCUT2D eigenvalue weighted by Crippen LogP contribution is -2.51. The highest BCUT2D eigenvalue weighted by molar-refractivity contribution is 5.69. The first-order valence-electron chi connectivity index (χ1n) is 15.4. The monoisotopic (exact) mass is 497 g/mol. The van der Waals surface area contributed by atoms with Gasteiger partial charge in [0, 0.05) is 18.9 Å². The lowest BCUT2D eigenvalue weighted by molar-refractivity contribution is -0.151.